The van der Waals surface area contributed by atoms with Crippen molar-refractivity contribution in [3.05, 3.63) is 35.4 Å². The van der Waals surface area contributed by atoms with Gasteiger partial charge in [0.1, 0.15) is 11.9 Å². The molecule has 1 saturated heterocycles. The van der Waals surface area contributed by atoms with Gasteiger partial charge in [0.05, 0.1) is 7.11 Å². The number of nitrogens with zero attached hydrogens (tertiary/aromatic N) is 3. The molecule has 3 rings (SSSR count). The number of aryl methyl sites for hydroxylation is 1. The van der Waals surface area contributed by atoms with Crippen LogP contribution in [0.5, 0.6) is 11.5 Å². The molecule has 2 N–H and O–H groups in total. The molecule has 0 unspecified atom stereocenters. The van der Waals surface area contributed by atoms with Gasteiger partial charge in [-0.05, 0) is 45.0 Å². The van der Waals surface area contributed by atoms with Crippen molar-refractivity contribution in [1.29, 1.82) is 0 Å². The van der Waals surface area contributed by atoms with Gasteiger partial charge in [-0.2, -0.15) is 5.10 Å². The van der Waals surface area contributed by atoms with Gasteiger partial charge >= 0.3 is 0 Å². The molecule has 0 bridgehead atoms. The first-order chi connectivity index (χ1) is 13.0. The number of aromatic amines is 1. The van der Waals surface area contributed by atoms with Gasteiger partial charge in [0, 0.05) is 31.6 Å². The maximum Gasteiger partial charge on any atom is 0.251 e. The summed E-state index contributed by atoms with van der Waals surface area (Å²) >= 11 is 0. The molecule has 0 spiro atoms. The largest absolute Gasteiger partial charge is 0.493 e. The fourth-order valence-corrected chi connectivity index (χ4v) is 3.08. The molecule has 1 aliphatic heterocycles. The Morgan fingerprint density at radius 3 is 2.78 bits per heavy atom. The van der Waals surface area contributed by atoms with E-state index in [2.05, 4.69) is 32.4 Å². The first-order valence-corrected chi connectivity index (χ1v) is 9.24. The molecule has 1 fully saturated rings. The van der Waals surface area contributed by atoms with Crippen molar-refractivity contribution in [1.82, 2.24) is 25.4 Å². The standard InChI is InChI=1S/C19H27N5O3/c1-13-21-18(23-22-13)6-9-20-19(25)14-4-5-16(17(12-14)26-3)27-15-7-10-24(2)11-8-15/h4-5,12,15H,6-11H2,1-3H3,(H,20,25)(H,21,22,23). The van der Waals surface area contributed by atoms with Crippen molar-refractivity contribution < 1.29 is 14.3 Å². The van der Waals surface area contributed by atoms with E-state index in [0.29, 0.717) is 35.9 Å². The Morgan fingerprint density at radius 2 is 2.11 bits per heavy atom. The third-order valence-electron chi connectivity index (χ3n) is 4.66. The molecule has 0 radical (unpaired) electrons. The highest BCUT2D eigenvalue weighted by molar-refractivity contribution is 5.94. The molecule has 1 aromatic heterocycles. The first-order valence-electron chi connectivity index (χ1n) is 9.24. The highest BCUT2D eigenvalue weighted by atomic mass is 16.5. The van der Waals surface area contributed by atoms with Gasteiger partial charge in [0.25, 0.3) is 5.91 Å². The first kappa shape index (κ1) is 19.2. The molecule has 146 valence electrons. The van der Waals surface area contributed by atoms with E-state index >= 15 is 0 Å². The van der Waals surface area contributed by atoms with Crippen LogP contribution in [0.3, 0.4) is 0 Å². The van der Waals surface area contributed by atoms with Crippen molar-refractivity contribution >= 4 is 5.91 Å². The lowest BCUT2D eigenvalue weighted by Gasteiger charge is -2.29. The molecule has 8 heteroatoms. The minimum atomic E-state index is -0.161. The predicted molar refractivity (Wildman–Crippen MR) is 101 cm³/mol. The van der Waals surface area contributed by atoms with Gasteiger partial charge in [-0.1, -0.05) is 0 Å². The average Bonchev–Trinajstić information content (AvgIpc) is 3.09. The number of hydrogen-bond donors (Lipinski definition) is 2. The van der Waals surface area contributed by atoms with Crippen molar-refractivity contribution in [2.75, 3.05) is 33.8 Å². The molecular weight excluding hydrogens is 346 g/mol. The van der Waals surface area contributed by atoms with E-state index in [1.54, 1.807) is 19.2 Å². The fourth-order valence-electron chi connectivity index (χ4n) is 3.08. The second kappa shape index (κ2) is 8.85. The summed E-state index contributed by atoms with van der Waals surface area (Å²) in [4.78, 5) is 18.9. The van der Waals surface area contributed by atoms with Gasteiger partial charge in [-0.15, -0.1) is 0 Å². The number of nitrogens with one attached hydrogen (secondary N) is 2. The second-order valence-corrected chi connectivity index (χ2v) is 6.83. The zero-order valence-corrected chi connectivity index (χ0v) is 16.1. The number of amides is 1. The molecule has 0 aliphatic carbocycles. The number of ether oxygens (including phenoxy) is 2. The molecule has 0 atom stereocenters. The van der Waals surface area contributed by atoms with E-state index in [0.717, 1.165) is 31.8 Å². The number of benzene rings is 1. The SMILES string of the molecule is COc1cc(C(=O)NCCc2n[nH]c(C)n2)ccc1OC1CCN(C)CC1. The molecule has 2 aromatic rings. The molecule has 1 amide bonds. The zero-order chi connectivity index (χ0) is 19.2. The van der Waals surface area contributed by atoms with Crippen LogP contribution < -0.4 is 14.8 Å². The molecular formula is C19H27N5O3. The van der Waals surface area contributed by atoms with Crippen molar-refractivity contribution in [2.24, 2.45) is 0 Å². The smallest absolute Gasteiger partial charge is 0.251 e. The van der Waals surface area contributed by atoms with Crippen LogP contribution in [0.1, 0.15) is 34.8 Å². The number of piperidine rings is 1. The number of methoxy groups -OCH3 is 1. The van der Waals surface area contributed by atoms with E-state index in [-0.39, 0.29) is 12.0 Å². The Labute approximate surface area is 159 Å². The lowest BCUT2D eigenvalue weighted by atomic mass is 10.1. The Hall–Kier alpha value is -2.61. The van der Waals surface area contributed by atoms with Crippen LogP contribution in [0.2, 0.25) is 0 Å². The molecule has 0 saturated carbocycles. The van der Waals surface area contributed by atoms with E-state index < -0.39 is 0 Å². The minimum absolute atomic E-state index is 0.161. The highest BCUT2D eigenvalue weighted by Gasteiger charge is 2.20. The summed E-state index contributed by atoms with van der Waals surface area (Å²) in [6.45, 7) is 4.36. The number of rotatable bonds is 7. The summed E-state index contributed by atoms with van der Waals surface area (Å²) in [5, 5.41) is 9.73. The maximum atomic E-state index is 12.4. The maximum absolute atomic E-state index is 12.4. The monoisotopic (exact) mass is 373 g/mol. The van der Waals surface area contributed by atoms with E-state index in [1.165, 1.54) is 0 Å². The van der Waals surface area contributed by atoms with E-state index in [4.69, 9.17) is 9.47 Å². The van der Waals surface area contributed by atoms with E-state index in [1.807, 2.05) is 13.0 Å². The van der Waals surface area contributed by atoms with Gasteiger partial charge < -0.3 is 19.7 Å². The number of hydrogen-bond acceptors (Lipinski definition) is 6. The third kappa shape index (κ3) is 5.19. The second-order valence-electron chi connectivity index (χ2n) is 6.83. The normalized spacial score (nSPS) is 15.5. The molecule has 8 nitrogen and oxygen atoms in total. The molecule has 27 heavy (non-hydrogen) atoms. The highest BCUT2D eigenvalue weighted by Crippen LogP contribution is 2.30. The number of aromatic nitrogens is 3. The summed E-state index contributed by atoms with van der Waals surface area (Å²) in [6, 6.07) is 5.29. The van der Waals surface area contributed by atoms with Crippen molar-refractivity contribution in [3.8, 4) is 11.5 Å². The molecule has 1 aromatic carbocycles. The van der Waals surface area contributed by atoms with E-state index in [9.17, 15) is 4.79 Å². The topological polar surface area (TPSA) is 92.4 Å². The van der Waals surface area contributed by atoms with Gasteiger partial charge in [0.2, 0.25) is 0 Å². The van der Waals surface area contributed by atoms with Crippen LogP contribution in [0, 0.1) is 6.92 Å². The van der Waals surface area contributed by atoms with Crippen LogP contribution in [-0.2, 0) is 6.42 Å². The average molecular weight is 373 g/mol. The Morgan fingerprint density at radius 1 is 1.33 bits per heavy atom. The van der Waals surface area contributed by atoms with Crippen LogP contribution in [0.4, 0.5) is 0 Å². The van der Waals surface area contributed by atoms with Crippen molar-refractivity contribution in [3.63, 3.8) is 0 Å². The summed E-state index contributed by atoms with van der Waals surface area (Å²) in [5.74, 6) is 2.55. The van der Waals surface area contributed by atoms with Gasteiger partial charge in [-0.3, -0.25) is 9.89 Å². The van der Waals surface area contributed by atoms with Crippen LogP contribution in [0.15, 0.2) is 18.2 Å². The van der Waals surface area contributed by atoms with Crippen LogP contribution in [0.25, 0.3) is 0 Å². The Bertz CT molecular complexity index is 768. The van der Waals surface area contributed by atoms with Gasteiger partial charge in [-0.25, -0.2) is 4.98 Å². The summed E-state index contributed by atoms with van der Waals surface area (Å²) in [6.07, 6.45) is 2.73. The molecule has 1 aliphatic rings. The van der Waals surface area contributed by atoms with Gasteiger partial charge in [0.15, 0.2) is 17.3 Å². The number of H-pyrrole nitrogens is 1. The third-order valence-corrected chi connectivity index (χ3v) is 4.66. The number of likely N-dealkylation sites (tertiary alicyclic amines) is 1. The summed E-state index contributed by atoms with van der Waals surface area (Å²) in [7, 11) is 3.71. The summed E-state index contributed by atoms with van der Waals surface area (Å²) < 4.78 is 11.5. The zero-order valence-electron chi connectivity index (χ0n) is 16.1. The lowest BCUT2D eigenvalue weighted by molar-refractivity contribution is 0.0953. The predicted octanol–water partition coefficient (Wildman–Crippen LogP) is 1.57. The van der Waals surface area contributed by atoms with Crippen LogP contribution >= 0.6 is 0 Å². The summed E-state index contributed by atoms with van der Waals surface area (Å²) in [5.41, 5.74) is 0.536. The lowest BCUT2D eigenvalue weighted by Crippen LogP contribution is -2.35. The van der Waals surface area contributed by atoms with Crippen LogP contribution in [-0.4, -0.2) is 65.9 Å². The number of carbonyl (C=O) groups excluding carboxylic acids is 1. The Kier molecular flexibility index (Phi) is 6.28. The van der Waals surface area contributed by atoms with Crippen molar-refractivity contribution in [2.45, 2.75) is 32.3 Å². The molecule has 2 heterocycles. The number of carbonyl (C=O) groups is 1. The minimum Gasteiger partial charge on any atom is -0.493 e. The fraction of sp³-hybridized carbons (Fsp3) is 0.526. The Balaban J connectivity index is 1.56. The quantitative estimate of drug-likeness (QED) is 0.765.